The lowest BCUT2D eigenvalue weighted by atomic mass is 10.1. The summed E-state index contributed by atoms with van der Waals surface area (Å²) in [7, 11) is 1.58. The topological polar surface area (TPSA) is 55.8 Å². The second-order valence-electron chi connectivity index (χ2n) is 4.49. The van der Waals surface area contributed by atoms with E-state index in [1.807, 2.05) is 6.07 Å². The third-order valence-corrected chi connectivity index (χ3v) is 3.18. The lowest BCUT2D eigenvalue weighted by molar-refractivity contribution is -0.131. The van der Waals surface area contributed by atoms with Crippen molar-refractivity contribution < 1.29 is 19.4 Å². The Bertz CT molecular complexity index is 678. The lowest BCUT2D eigenvalue weighted by Gasteiger charge is -2.11. The molecular formula is C17H15ClO4. The molecule has 5 heteroatoms. The first-order valence-corrected chi connectivity index (χ1v) is 6.92. The molecule has 0 saturated heterocycles. The van der Waals surface area contributed by atoms with E-state index in [1.54, 1.807) is 43.5 Å². The zero-order chi connectivity index (χ0) is 15.9. The van der Waals surface area contributed by atoms with Crippen molar-refractivity contribution >= 4 is 23.6 Å². The summed E-state index contributed by atoms with van der Waals surface area (Å²) in [5.41, 5.74) is 1.59. The van der Waals surface area contributed by atoms with Crippen LogP contribution < -0.4 is 9.47 Å². The highest BCUT2D eigenvalue weighted by Crippen LogP contribution is 2.23. The van der Waals surface area contributed by atoms with Crippen LogP contribution in [0.2, 0.25) is 5.02 Å². The molecular weight excluding hydrogens is 304 g/mol. The number of aliphatic carboxylic acids is 1. The van der Waals surface area contributed by atoms with Gasteiger partial charge in [-0.3, -0.25) is 0 Å². The third-order valence-electron chi connectivity index (χ3n) is 2.93. The zero-order valence-electron chi connectivity index (χ0n) is 12.0. The standard InChI is InChI=1S/C17H15ClO4/c1-21-16-8-2-12(3-9-17(19)20)10-13(16)11-22-15-6-4-14(18)5-7-15/h2-10H,11H2,1H3,(H,19,20)/b9-3-. The van der Waals surface area contributed by atoms with E-state index in [9.17, 15) is 4.79 Å². The van der Waals surface area contributed by atoms with Gasteiger partial charge in [0.1, 0.15) is 18.1 Å². The van der Waals surface area contributed by atoms with Crippen LogP contribution in [0.4, 0.5) is 0 Å². The largest absolute Gasteiger partial charge is 0.496 e. The predicted molar refractivity (Wildman–Crippen MR) is 85.4 cm³/mol. The normalized spacial score (nSPS) is 10.6. The van der Waals surface area contributed by atoms with E-state index < -0.39 is 5.97 Å². The van der Waals surface area contributed by atoms with E-state index in [0.717, 1.165) is 17.2 Å². The molecule has 0 bridgehead atoms. The van der Waals surface area contributed by atoms with Gasteiger partial charge in [0, 0.05) is 16.7 Å². The summed E-state index contributed by atoms with van der Waals surface area (Å²) in [6.45, 7) is 0.305. The van der Waals surface area contributed by atoms with Gasteiger partial charge >= 0.3 is 5.97 Å². The summed E-state index contributed by atoms with van der Waals surface area (Å²) in [6, 6.07) is 12.5. The maximum Gasteiger partial charge on any atom is 0.328 e. The van der Waals surface area contributed by atoms with Gasteiger partial charge in [-0.2, -0.15) is 0 Å². The Kier molecular flexibility index (Phi) is 5.44. The number of methoxy groups -OCH3 is 1. The first-order chi connectivity index (χ1) is 10.6. The molecule has 0 heterocycles. The number of carboxylic acid groups (broad SMARTS) is 1. The highest BCUT2D eigenvalue weighted by atomic mass is 35.5. The first-order valence-electron chi connectivity index (χ1n) is 6.55. The minimum absolute atomic E-state index is 0.305. The van der Waals surface area contributed by atoms with E-state index in [2.05, 4.69) is 0 Å². The molecule has 0 unspecified atom stereocenters. The molecule has 0 aliphatic heterocycles. The van der Waals surface area contributed by atoms with Crippen molar-refractivity contribution in [3.05, 3.63) is 64.7 Å². The van der Waals surface area contributed by atoms with Gasteiger partial charge < -0.3 is 14.6 Å². The number of carbonyl (C=O) groups is 1. The molecule has 2 rings (SSSR count). The molecule has 0 radical (unpaired) electrons. The molecule has 0 aliphatic carbocycles. The molecule has 1 N–H and O–H groups in total. The Morgan fingerprint density at radius 1 is 1.23 bits per heavy atom. The lowest BCUT2D eigenvalue weighted by Crippen LogP contribution is -1.99. The fourth-order valence-electron chi connectivity index (χ4n) is 1.87. The molecule has 0 aromatic heterocycles. The number of rotatable bonds is 6. The molecule has 2 aromatic carbocycles. The van der Waals surface area contributed by atoms with Crippen LogP contribution in [-0.2, 0) is 11.4 Å². The second-order valence-corrected chi connectivity index (χ2v) is 4.92. The van der Waals surface area contributed by atoms with E-state index in [1.165, 1.54) is 6.08 Å². The molecule has 0 amide bonds. The van der Waals surface area contributed by atoms with Gasteiger partial charge in [0.25, 0.3) is 0 Å². The zero-order valence-corrected chi connectivity index (χ0v) is 12.7. The molecule has 22 heavy (non-hydrogen) atoms. The number of ether oxygens (including phenoxy) is 2. The number of hydrogen-bond acceptors (Lipinski definition) is 3. The maximum atomic E-state index is 10.6. The Morgan fingerprint density at radius 2 is 1.95 bits per heavy atom. The van der Waals surface area contributed by atoms with Crippen LogP contribution in [0, 0.1) is 0 Å². The van der Waals surface area contributed by atoms with Crippen molar-refractivity contribution in [1.29, 1.82) is 0 Å². The van der Waals surface area contributed by atoms with Crippen LogP contribution in [0.25, 0.3) is 6.08 Å². The molecule has 2 aromatic rings. The van der Waals surface area contributed by atoms with Crippen LogP contribution >= 0.6 is 11.6 Å². The average Bonchev–Trinajstić information content (AvgIpc) is 2.52. The van der Waals surface area contributed by atoms with Crippen LogP contribution in [0.3, 0.4) is 0 Å². The van der Waals surface area contributed by atoms with E-state index in [4.69, 9.17) is 26.2 Å². The molecule has 0 atom stereocenters. The van der Waals surface area contributed by atoms with Crippen LogP contribution in [0.15, 0.2) is 48.5 Å². The molecule has 0 aliphatic rings. The van der Waals surface area contributed by atoms with Crippen molar-refractivity contribution in [3.63, 3.8) is 0 Å². The van der Waals surface area contributed by atoms with Gasteiger partial charge in [-0.15, -0.1) is 0 Å². The second kappa shape index (κ2) is 7.52. The van der Waals surface area contributed by atoms with Gasteiger partial charge in [-0.1, -0.05) is 17.7 Å². The maximum absolute atomic E-state index is 10.6. The van der Waals surface area contributed by atoms with E-state index in [-0.39, 0.29) is 0 Å². The molecule has 0 spiro atoms. The number of benzene rings is 2. The van der Waals surface area contributed by atoms with Gasteiger partial charge in [-0.05, 0) is 48.0 Å². The third kappa shape index (κ3) is 4.53. The quantitative estimate of drug-likeness (QED) is 0.817. The summed E-state index contributed by atoms with van der Waals surface area (Å²) < 4.78 is 11.0. The monoisotopic (exact) mass is 318 g/mol. The molecule has 0 saturated carbocycles. The Labute approximate surface area is 133 Å². The minimum atomic E-state index is -0.991. The average molecular weight is 319 g/mol. The molecule has 4 nitrogen and oxygen atoms in total. The molecule has 0 fully saturated rings. The Morgan fingerprint density at radius 3 is 2.59 bits per heavy atom. The summed E-state index contributed by atoms with van der Waals surface area (Å²) in [6.07, 6.45) is 2.61. The fraction of sp³-hybridized carbons (Fsp3) is 0.118. The van der Waals surface area contributed by atoms with Crippen molar-refractivity contribution in [2.24, 2.45) is 0 Å². The number of hydrogen-bond donors (Lipinski definition) is 1. The number of carboxylic acids is 1. The highest BCUT2D eigenvalue weighted by molar-refractivity contribution is 6.30. The Hall–Kier alpha value is -2.46. The van der Waals surface area contributed by atoms with Crippen molar-refractivity contribution in [2.75, 3.05) is 7.11 Å². The van der Waals surface area contributed by atoms with Crippen molar-refractivity contribution in [3.8, 4) is 11.5 Å². The molecule has 114 valence electrons. The minimum Gasteiger partial charge on any atom is -0.496 e. The van der Waals surface area contributed by atoms with E-state index in [0.29, 0.717) is 23.1 Å². The summed E-state index contributed by atoms with van der Waals surface area (Å²) in [5.74, 6) is 0.383. The van der Waals surface area contributed by atoms with Gasteiger partial charge in [0.2, 0.25) is 0 Å². The van der Waals surface area contributed by atoms with Crippen LogP contribution in [0.1, 0.15) is 11.1 Å². The first kappa shape index (κ1) is 15.9. The summed E-state index contributed by atoms with van der Waals surface area (Å²) >= 11 is 5.83. The summed E-state index contributed by atoms with van der Waals surface area (Å²) in [5, 5.41) is 9.32. The number of halogens is 1. The highest BCUT2D eigenvalue weighted by Gasteiger charge is 2.05. The Balaban J connectivity index is 2.15. The SMILES string of the molecule is COc1ccc(/C=C\C(=O)O)cc1COc1ccc(Cl)cc1. The van der Waals surface area contributed by atoms with Gasteiger partial charge in [0.15, 0.2) is 0 Å². The van der Waals surface area contributed by atoms with Crippen molar-refractivity contribution in [2.45, 2.75) is 6.61 Å². The smallest absolute Gasteiger partial charge is 0.328 e. The van der Waals surface area contributed by atoms with Gasteiger partial charge in [0.05, 0.1) is 7.11 Å². The van der Waals surface area contributed by atoms with Crippen LogP contribution in [-0.4, -0.2) is 18.2 Å². The van der Waals surface area contributed by atoms with Crippen LogP contribution in [0.5, 0.6) is 11.5 Å². The summed E-state index contributed by atoms with van der Waals surface area (Å²) in [4.78, 5) is 10.6. The van der Waals surface area contributed by atoms with Gasteiger partial charge in [-0.25, -0.2) is 4.79 Å². The van der Waals surface area contributed by atoms with Crippen molar-refractivity contribution in [1.82, 2.24) is 0 Å². The van der Waals surface area contributed by atoms with E-state index >= 15 is 0 Å². The predicted octanol–water partition coefficient (Wildman–Crippen LogP) is 4.03. The fourth-order valence-corrected chi connectivity index (χ4v) is 2.00.